The number of thiazole rings is 1. The maximum atomic E-state index is 12.5. The van der Waals surface area contributed by atoms with Crippen LogP contribution in [0, 0.1) is 19.8 Å². The second-order valence-electron chi connectivity index (χ2n) is 6.60. The Kier molecular flexibility index (Phi) is 5.19. The first-order valence-corrected chi connectivity index (χ1v) is 9.35. The molecule has 128 valence electrons. The molecule has 0 unspecified atom stereocenters. The second-order valence-corrected chi connectivity index (χ2v) is 7.76. The third kappa shape index (κ3) is 3.78. The van der Waals surface area contributed by atoms with Gasteiger partial charge in [-0.15, -0.1) is 0 Å². The highest BCUT2D eigenvalue weighted by atomic mass is 32.1. The average Bonchev–Trinajstić information content (AvgIpc) is 3.12. The zero-order valence-electron chi connectivity index (χ0n) is 14.3. The van der Waals surface area contributed by atoms with Crippen LogP contribution in [-0.4, -0.2) is 28.5 Å². The molecule has 0 bridgehead atoms. The molecule has 1 atom stereocenters. The molecule has 1 aromatic carbocycles. The lowest BCUT2D eigenvalue weighted by Crippen LogP contribution is -2.30. The van der Waals surface area contributed by atoms with Gasteiger partial charge in [0.25, 0.3) is 0 Å². The van der Waals surface area contributed by atoms with Gasteiger partial charge in [0.1, 0.15) is 0 Å². The molecule has 2 aromatic rings. The number of likely N-dealkylation sites (tertiary alicyclic amines) is 1. The fourth-order valence-electron chi connectivity index (χ4n) is 3.38. The molecule has 0 spiro atoms. The van der Waals surface area contributed by atoms with E-state index in [1.807, 2.05) is 24.8 Å². The summed E-state index contributed by atoms with van der Waals surface area (Å²) in [7, 11) is 0. The average molecular weight is 344 g/mol. The minimum atomic E-state index is 0.0428. The molecule has 1 fully saturated rings. The van der Waals surface area contributed by atoms with Crippen molar-refractivity contribution in [2.75, 3.05) is 13.1 Å². The zero-order valence-corrected chi connectivity index (χ0v) is 15.1. The molecule has 2 heterocycles. The highest BCUT2D eigenvalue weighted by molar-refractivity contribution is 7.09. The first kappa shape index (κ1) is 17.0. The van der Waals surface area contributed by atoms with E-state index in [0.29, 0.717) is 18.9 Å². The van der Waals surface area contributed by atoms with Gasteiger partial charge in [0.05, 0.1) is 0 Å². The van der Waals surface area contributed by atoms with Crippen molar-refractivity contribution in [3.63, 3.8) is 0 Å². The number of amides is 1. The molecular formula is C19H24N2O2S. The van der Waals surface area contributed by atoms with Crippen LogP contribution in [0.2, 0.25) is 0 Å². The van der Waals surface area contributed by atoms with Gasteiger partial charge >= 0.3 is 4.87 Å². The van der Waals surface area contributed by atoms with E-state index in [0.717, 1.165) is 36.5 Å². The molecule has 3 rings (SSSR count). The SMILES string of the molecule is Cc1sc(=O)n(CCC(=O)N2CC[C@@H](Cc3ccccc3)C2)c1C. The summed E-state index contributed by atoms with van der Waals surface area (Å²) in [6.07, 6.45) is 2.51. The van der Waals surface area contributed by atoms with Crippen molar-refractivity contribution in [3.05, 3.63) is 56.1 Å². The number of aromatic nitrogens is 1. The zero-order chi connectivity index (χ0) is 17.1. The Morgan fingerprint density at radius 2 is 2.00 bits per heavy atom. The summed E-state index contributed by atoms with van der Waals surface area (Å²) in [5.74, 6) is 0.713. The van der Waals surface area contributed by atoms with Crippen molar-refractivity contribution < 1.29 is 4.79 Å². The summed E-state index contributed by atoms with van der Waals surface area (Å²) in [4.78, 5) is 27.4. The van der Waals surface area contributed by atoms with Crippen LogP contribution >= 0.6 is 11.3 Å². The van der Waals surface area contributed by atoms with Crippen molar-refractivity contribution in [3.8, 4) is 0 Å². The molecular weight excluding hydrogens is 320 g/mol. The van der Waals surface area contributed by atoms with Crippen LogP contribution in [0.5, 0.6) is 0 Å². The lowest BCUT2D eigenvalue weighted by Gasteiger charge is -2.17. The van der Waals surface area contributed by atoms with E-state index in [2.05, 4.69) is 24.3 Å². The summed E-state index contributed by atoms with van der Waals surface area (Å²) >= 11 is 1.26. The first-order valence-electron chi connectivity index (χ1n) is 8.53. The van der Waals surface area contributed by atoms with Crippen molar-refractivity contribution >= 4 is 17.2 Å². The van der Waals surface area contributed by atoms with Crippen LogP contribution in [-0.2, 0) is 17.8 Å². The Labute approximate surface area is 146 Å². The number of nitrogens with zero attached hydrogens (tertiary/aromatic N) is 2. The molecule has 0 saturated carbocycles. The molecule has 0 aliphatic carbocycles. The van der Waals surface area contributed by atoms with E-state index < -0.39 is 0 Å². The fraction of sp³-hybridized carbons (Fsp3) is 0.474. The highest BCUT2D eigenvalue weighted by Crippen LogP contribution is 2.21. The predicted molar refractivity (Wildman–Crippen MR) is 97.5 cm³/mol. The minimum Gasteiger partial charge on any atom is -0.342 e. The van der Waals surface area contributed by atoms with Gasteiger partial charge < -0.3 is 9.47 Å². The van der Waals surface area contributed by atoms with Gasteiger partial charge in [0.15, 0.2) is 0 Å². The molecule has 0 N–H and O–H groups in total. The summed E-state index contributed by atoms with van der Waals surface area (Å²) in [5.41, 5.74) is 2.33. The van der Waals surface area contributed by atoms with Crippen LogP contribution in [0.25, 0.3) is 0 Å². The Morgan fingerprint density at radius 1 is 1.25 bits per heavy atom. The predicted octanol–water partition coefficient (Wildman–Crippen LogP) is 3.01. The van der Waals surface area contributed by atoms with Gasteiger partial charge in [-0.25, -0.2) is 0 Å². The number of benzene rings is 1. The van der Waals surface area contributed by atoms with Gasteiger partial charge in [-0.2, -0.15) is 0 Å². The van der Waals surface area contributed by atoms with E-state index in [4.69, 9.17) is 0 Å². The highest BCUT2D eigenvalue weighted by Gasteiger charge is 2.26. The van der Waals surface area contributed by atoms with Crippen molar-refractivity contribution in [1.82, 2.24) is 9.47 Å². The largest absolute Gasteiger partial charge is 0.342 e. The number of carbonyl (C=O) groups excluding carboxylic acids is 1. The Bertz CT molecular complexity index is 763. The molecule has 1 amide bonds. The third-order valence-corrected chi connectivity index (χ3v) is 5.93. The topological polar surface area (TPSA) is 42.3 Å². The smallest absolute Gasteiger partial charge is 0.307 e. The van der Waals surface area contributed by atoms with Crippen LogP contribution < -0.4 is 4.87 Å². The Balaban J connectivity index is 1.52. The first-order chi connectivity index (χ1) is 11.5. The van der Waals surface area contributed by atoms with Crippen LogP contribution in [0.4, 0.5) is 0 Å². The molecule has 1 aliphatic heterocycles. The van der Waals surface area contributed by atoms with Crippen molar-refractivity contribution in [2.45, 2.75) is 39.7 Å². The van der Waals surface area contributed by atoms with Crippen LogP contribution in [0.3, 0.4) is 0 Å². The normalized spacial score (nSPS) is 17.4. The molecule has 1 aliphatic rings. The molecule has 5 heteroatoms. The van der Waals surface area contributed by atoms with Crippen molar-refractivity contribution in [1.29, 1.82) is 0 Å². The van der Waals surface area contributed by atoms with Gasteiger partial charge in [-0.1, -0.05) is 41.7 Å². The Hall–Kier alpha value is -1.88. The lowest BCUT2D eigenvalue weighted by atomic mass is 9.99. The second kappa shape index (κ2) is 7.34. The number of aryl methyl sites for hydroxylation is 1. The van der Waals surface area contributed by atoms with Gasteiger partial charge in [-0.05, 0) is 38.2 Å². The maximum absolute atomic E-state index is 12.5. The minimum absolute atomic E-state index is 0.0428. The summed E-state index contributed by atoms with van der Waals surface area (Å²) in [6, 6.07) is 10.5. The van der Waals surface area contributed by atoms with Crippen LogP contribution in [0.1, 0.15) is 29.0 Å². The van der Waals surface area contributed by atoms with Crippen LogP contribution in [0.15, 0.2) is 35.1 Å². The van der Waals surface area contributed by atoms with Gasteiger partial charge in [0, 0.05) is 36.6 Å². The standard InChI is InChI=1S/C19H24N2O2S/c1-14-15(2)24-19(23)21(14)11-9-18(22)20-10-8-17(13-20)12-16-6-4-3-5-7-16/h3-7,17H,8-13H2,1-2H3/t17-/m0/s1. The molecule has 0 radical (unpaired) electrons. The number of hydrogen-bond donors (Lipinski definition) is 0. The molecule has 24 heavy (non-hydrogen) atoms. The van der Waals surface area contributed by atoms with Gasteiger partial charge in [0.2, 0.25) is 5.91 Å². The lowest BCUT2D eigenvalue weighted by molar-refractivity contribution is -0.130. The number of carbonyl (C=O) groups is 1. The number of rotatable bonds is 5. The summed E-state index contributed by atoms with van der Waals surface area (Å²) in [5, 5.41) is 0. The molecule has 1 saturated heterocycles. The van der Waals surface area contributed by atoms with E-state index in [1.54, 1.807) is 4.57 Å². The van der Waals surface area contributed by atoms with E-state index >= 15 is 0 Å². The Morgan fingerprint density at radius 3 is 2.67 bits per heavy atom. The quantitative estimate of drug-likeness (QED) is 0.837. The van der Waals surface area contributed by atoms with Crippen molar-refractivity contribution in [2.24, 2.45) is 5.92 Å². The number of hydrogen-bond acceptors (Lipinski definition) is 3. The molecule has 1 aromatic heterocycles. The monoisotopic (exact) mass is 344 g/mol. The summed E-state index contributed by atoms with van der Waals surface area (Å²) in [6.45, 7) is 6.07. The maximum Gasteiger partial charge on any atom is 0.307 e. The summed E-state index contributed by atoms with van der Waals surface area (Å²) < 4.78 is 1.73. The molecule has 4 nitrogen and oxygen atoms in total. The third-order valence-electron chi connectivity index (χ3n) is 4.93. The van der Waals surface area contributed by atoms with E-state index in [-0.39, 0.29) is 10.8 Å². The van der Waals surface area contributed by atoms with Gasteiger partial charge in [-0.3, -0.25) is 9.59 Å². The van der Waals surface area contributed by atoms with E-state index in [9.17, 15) is 9.59 Å². The van der Waals surface area contributed by atoms with E-state index in [1.165, 1.54) is 16.9 Å². The fourth-order valence-corrected chi connectivity index (χ4v) is 4.24.